The summed E-state index contributed by atoms with van der Waals surface area (Å²) in [7, 11) is 0. The molecule has 0 saturated carbocycles. The zero-order valence-corrected chi connectivity index (χ0v) is 17.4. The molecule has 25 heavy (non-hydrogen) atoms. The lowest BCUT2D eigenvalue weighted by Crippen LogP contribution is -2.22. The minimum atomic E-state index is 0.498. The van der Waals surface area contributed by atoms with Crippen molar-refractivity contribution in [3.8, 4) is 0 Å². The van der Waals surface area contributed by atoms with Gasteiger partial charge >= 0.3 is 0 Å². The van der Waals surface area contributed by atoms with Crippen LogP contribution in [0.15, 0.2) is 46.3 Å². The second-order valence-corrected chi connectivity index (χ2v) is 8.55. The van der Waals surface area contributed by atoms with E-state index in [2.05, 4.69) is 54.2 Å². The van der Waals surface area contributed by atoms with Crippen LogP contribution in [-0.4, -0.2) is 6.61 Å². The van der Waals surface area contributed by atoms with Crippen molar-refractivity contribution in [3.63, 3.8) is 0 Å². The quantitative estimate of drug-likeness (QED) is 0.520. The smallest absolute Gasteiger partial charge is 0.126 e. The molecule has 1 heteroatoms. The Balaban J connectivity index is 2.59. The fourth-order valence-electron chi connectivity index (χ4n) is 4.39. The summed E-state index contributed by atoms with van der Waals surface area (Å²) in [6.07, 6.45) is 9.59. The highest BCUT2D eigenvalue weighted by Gasteiger charge is 2.32. The topological polar surface area (TPSA) is 9.23 Å². The minimum absolute atomic E-state index is 0.498. The molecule has 1 heterocycles. The summed E-state index contributed by atoms with van der Waals surface area (Å²) in [5.74, 6) is 2.87. The van der Waals surface area contributed by atoms with E-state index in [-0.39, 0.29) is 0 Å². The monoisotopic (exact) mass is 342 g/mol. The predicted octanol–water partition coefficient (Wildman–Crippen LogP) is 7.37. The van der Waals surface area contributed by atoms with Crippen LogP contribution >= 0.6 is 0 Å². The molecule has 0 bridgehead atoms. The largest absolute Gasteiger partial charge is 0.493 e. The Morgan fingerprint density at radius 2 is 2.00 bits per heavy atom. The molecule has 1 aliphatic carbocycles. The highest BCUT2D eigenvalue weighted by Crippen LogP contribution is 2.44. The van der Waals surface area contributed by atoms with Crippen molar-refractivity contribution in [2.24, 2.45) is 17.8 Å². The van der Waals surface area contributed by atoms with Gasteiger partial charge in [0.15, 0.2) is 0 Å². The fraction of sp³-hybridized carbons (Fsp3) is 0.667. The first-order chi connectivity index (χ1) is 11.9. The van der Waals surface area contributed by atoms with E-state index in [9.17, 15) is 0 Å². The highest BCUT2D eigenvalue weighted by molar-refractivity contribution is 5.56. The van der Waals surface area contributed by atoms with Gasteiger partial charge in [-0.2, -0.15) is 0 Å². The van der Waals surface area contributed by atoms with Gasteiger partial charge in [-0.25, -0.2) is 0 Å². The Morgan fingerprint density at radius 3 is 2.60 bits per heavy atom. The second kappa shape index (κ2) is 8.92. The highest BCUT2D eigenvalue weighted by atomic mass is 16.5. The summed E-state index contributed by atoms with van der Waals surface area (Å²) in [4.78, 5) is 0. The summed E-state index contributed by atoms with van der Waals surface area (Å²) in [5, 5.41) is 0. The molecule has 0 amide bonds. The van der Waals surface area contributed by atoms with E-state index in [1.807, 2.05) is 0 Å². The Labute approximate surface area is 155 Å². The van der Waals surface area contributed by atoms with E-state index >= 15 is 0 Å². The van der Waals surface area contributed by atoms with Crippen LogP contribution in [0.2, 0.25) is 0 Å². The molecule has 0 radical (unpaired) electrons. The molecule has 140 valence electrons. The van der Waals surface area contributed by atoms with E-state index < -0.39 is 0 Å². The van der Waals surface area contributed by atoms with E-state index in [1.54, 1.807) is 0 Å². The third kappa shape index (κ3) is 4.68. The summed E-state index contributed by atoms with van der Waals surface area (Å²) in [6.45, 7) is 19.1. The Kier molecular flexibility index (Phi) is 7.16. The van der Waals surface area contributed by atoms with Crippen LogP contribution in [0.3, 0.4) is 0 Å². The van der Waals surface area contributed by atoms with Crippen molar-refractivity contribution in [1.82, 2.24) is 0 Å². The number of fused-ring (bicyclic) bond motifs is 1. The van der Waals surface area contributed by atoms with Gasteiger partial charge in [0.1, 0.15) is 5.76 Å². The van der Waals surface area contributed by atoms with Crippen LogP contribution in [0, 0.1) is 17.8 Å². The SMILES string of the molecule is C=C1CC(C)CCCCOC2=C(C(C)C)C(CCC)C(=C(C)C)C=C12. The lowest BCUT2D eigenvalue weighted by molar-refractivity contribution is 0.198. The normalized spacial score (nSPS) is 25.5. The molecule has 0 aromatic rings. The standard InChI is InChI=1S/C24H38O/c1-8-11-20-21(16(2)3)15-22-19(7)14-18(6)12-9-10-13-25-24(22)23(20)17(4)5/h15,17-18,20H,7-14H2,1-6H3. The molecule has 2 unspecified atom stereocenters. The van der Waals surface area contributed by atoms with E-state index in [1.165, 1.54) is 53.5 Å². The molecular weight excluding hydrogens is 304 g/mol. The molecule has 1 saturated heterocycles. The Morgan fingerprint density at radius 1 is 1.28 bits per heavy atom. The lowest BCUT2D eigenvalue weighted by Gasteiger charge is -2.35. The maximum atomic E-state index is 6.43. The molecule has 0 N–H and O–H groups in total. The first-order valence-electron chi connectivity index (χ1n) is 10.3. The van der Waals surface area contributed by atoms with Gasteiger partial charge in [-0.15, -0.1) is 0 Å². The van der Waals surface area contributed by atoms with Crippen LogP contribution in [-0.2, 0) is 4.74 Å². The average molecular weight is 343 g/mol. The third-order valence-electron chi connectivity index (χ3n) is 5.65. The van der Waals surface area contributed by atoms with Crippen molar-refractivity contribution in [1.29, 1.82) is 0 Å². The maximum Gasteiger partial charge on any atom is 0.126 e. The number of hydrogen-bond acceptors (Lipinski definition) is 1. The van der Waals surface area contributed by atoms with E-state index in [0.29, 0.717) is 17.8 Å². The average Bonchev–Trinajstić information content (AvgIpc) is 2.53. The molecule has 0 aromatic carbocycles. The van der Waals surface area contributed by atoms with Crippen LogP contribution in [0.4, 0.5) is 0 Å². The number of rotatable bonds is 3. The Bertz CT molecular complexity index is 581. The summed E-state index contributed by atoms with van der Waals surface area (Å²) < 4.78 is 6.43. The predicted molar refractivity (Wildman–Crippen MR) is 109 cm³/mol. The van der Waals surface area contributed by atoms with Crippen LogP contribution in [0.25, 0.3) is 0 Å². The zero-order chi connectivity index (χ0) is 18.6. The molecule has 0 aromatic heterocycles. The van der Waals surface area contributed by atoms with Crippen molar-refractivity contribution in [2.45, 2.75) is 80.1 Å². The molecular formula is C24H38O. The second-order valence-electron chi connectivity index (χ2n) is 8.55. The Hall–Kier alpha value is -1.24. The molecule has 2 rings (SSSR count). The van der Waals surface area contributed by atoms with Gasteiger partial charge in [0.05, 0.1) is 6.61 Å². The van der Waals surface area contributed by atoms with Gasteiger partial charge in [-0.1, -0.05) is 52.7 Å². The summed E-state index contributed by atoms with van der Waals surface area (Å²) in [6, 6.07) is 0. The molecule has 1 aliphatic heterocycles. The number of allylic oxidation sites excluding steroid dienone is 5. The van der Waals surface area contributed by atoms with Gasteiger partial charge < -0.3 is 4.74 Å². The molecule has 0 spiro atoms. The maximum absolute atomic E-state index is 6.43. The van der Waals surface area contributed by atoms with Crippen molar-refractivity contribution in [2.75, 3.05) is 6.61 Å². The van der Waals surface area contributed by atoms with Gasteiger partial charge in [0.25, 0.3) is 0 Å². The van der Waals surface area contributed by atoms with Crippen LogP contribution < -0.4 is 0 Å². The summed E-state index contributed by atoms with van der Waals surface area (Å²) >= 11 is 0. The number of ether oxygens (including phenoxy) is 1. The van der Waals surface area contributed by atoms with Gasteiger partial charge in [-0.3, -0.25) is 0 Å². The summed E-state index contributed by atoms with van der Waals surface area (Å²) in [5.41, 5.74) is 6.97. The van der Waals surface area contributed by atoms with Crippen molar-refractivity contribution < 1.29 is 4.74 Å². The fourth-order valence-corrected chi connectivity index (χ4v) is 4.39. The van der Waals surface area contributed by atoms with E-state index in [4.69, 9.17) is 4.74 Å². The van der Waals surface area contributed by atoms with Gasteiger partial charge in [0, 0.05) is 11.5 Å². The molecule has 2 atom stereocenters. The van der Waals surface area contributed by atoms with Crippen LogP contribution in [0.1, 0.15) is 80.1 Å². The number of hydrogen-bond donors (Lipinski definition) is 0. The van der Waals surface area contributed by atoms with Crippen LogP contribution in [0.5, 0.6) is 0 Å². The van der Waals surface area contributed by atoms with Crippen molar-refractivity contribution in [3.05, 3.63) is 46.3 Å². The minimum Gasteiger partial charge on any atom is -0.493 e. The van der Waals surface area contributed by atoms with E-state index in [0.717, 1.165) is 25.2 Å². The third-order valence-corrected chi connectivity index (χ3v) is 5.65. The molecule has 1 nitrogen and oxygen atoms in total. The van der Waals surface area contributed by atoms with Gasteiger partial charge in [0.2, 0.25) is 0 Å². The first-order valence-corrected chi connectivity index (χ1v) is 10.3. The van der Waals surface area contributed by atoms with Crippen molar-refractivity contribution >= 4 is 0 Å². The van der Waals surface area contributed by atoms with Gasteiger partial charge in [-0.05, 0) is 74.2 Å². The lowest BCUT2D eigenvalue weighted by atomic mass is 9.73. The first kappa shape index (κ1) is 20.1. The zero-order valence-electron chi connectivity index (χ0n) is 17.4. The molecule has 2 aliphatic rings. The molecule has 1 fully saturated rings.